The highest BCUT2D eigenvalue weighted by Crippen LogP contribution is 2.39. The molecule has 2 N–H and O–H groups in total. The van der Waals surface area contributed by atoms with Gasteiger partial charge in [-0.15, -0.1) is 11.3 Å². The lowest BCUT2D eigenvalue weighted by atomic mass is 9.95. The lowest BCUT2D eigenvalue weighted by molar-refractivity contribution is -0.144. The SMILES string of the molecule is CC(C)(C)c1sc(C(=O)O)cc1S(=O)(=O)N1CCC1C(=O)O. The van der Waals surface area contributed by atoms with Crippen molar-refractivity contribution >= 4 is 33.3 Å². The molecule has 9 heteroatoms. The van der Waals surface area contributed by atoms with Gasteiger partial charge in [0.1, 0.15) is 10.9 Å². The maximum absolute atomic E-state index is 12.7. The minimum absolute atomic E-state index is 0.0732. The average Bonchev–Trinajstić information content (AvgIpc) is 2.70. The first kappa shape index (κ1) is 16.9. The Kier molecular flexibility index (Phi) is 4.09. The average molecular weight is 347 g/mol. The van der Waals surface area contributed by atoms with Gasteiger partial charge in [-0.3, -0.25) is 4.79 Å². The van der Waals surface area contributed by atoms with E-state index >= 15 is 0 Å². The Balaban J connectivity index is 2.56. The molecule has 0 aromatic carbocycles. The van der Waals surface area contributed by atoms with Crippen LogP contribution in [0.25, 0.3) is 0 Å². The summed E-state index contributed by atoms with van der Waals surface area (Å²) in [6.45, 7) is 5.48. The molecule has 0 amide bonds. The van der Waals surface area contributed by atoms with E-state index in [2.05, 4.69) is 0 Å². The van der Waals surface area contributed by atoms with Gasteiger partial charge in [-0.2, -0.15) is 4.31 Å². The molecule has 1 aliphatic heterocycles. The minimum atomic E-state index is -4.02. The van der Waals surface area contributed by atoms with Gasteiger partial charge in [0.25, 0.3) is 0 Å². The van der Waals surface area contributed by atoms with Crippen molar-refractivity contribution in [2.75, 3.05) is 6.54 Å². The van der Waals surface area contributed by atoms with E-state index in [9.17, 15) is 18.0 Å². The number of carboxylic acid groups (broad SMARTS) is 2. The summed E-state index contributed by atoms with van der Waals surface area (Å²) in [5.41, 5.74) is -0.565. The van der Waals surface area contributed by atoms with Gasteiger partial charge in [-0.1, -0.05) is 20.8 Å². The van der Waals surface area contributed by atoms with Crippen molar-refractivity contribution in [2.24, 2.45) is 0 Å². The Bertz CT molecular complexity index is 728. The van der Waals surface area contributed by atoms with Crippen LogP contribution in [0, 0.1) is 0 Å². The Labute approximate surface area is 132 Å². The molecule has 0 aliphatic carbocycles. The summed E-state index contributed by atoms with van der Waals surface area (Å²) in [5, 5.41) is 18.2. The topological polar surface area (TPSA) is 112 Å². The molecule has 122 valence electrons. The first-order valence-electron chi connectivity index (χ1n) is 6.58. The van der Waals surface area contributed by atoms with Crippen molar-refractivity contribution in [1.82, 2.24) is 4.31 Å². The van der Waals surface area contributed by atoms with Gasteiger partial charge in [0, 0.05) is 11.4 Å². The van der Waals surface area contributed by atoms with E-state index in [0.29, 0.717) is 4.88 Å². The van der Waals surface area contributed by atoms with Crippen LogP contribution in [0.2, 0.25) is 0 Å². The summed E-state index contributed by atoms with van der Waals surface area (Å²) in [7, 11) is -4.02. The highest BCUT2D eigenvalue weighted by Gasteiger charge is 2.45. The molecule has 1 saturated heterocycles. The first-order chi connectivity index (χ1) is 9.96. The maximum Gasteiger partial charge on any atom is 0.345 e. The lowest BCUT2D eigenvalue weighted by Gasteiger charge is -2.37. The highest BCUT2D eigenvalue weighted by atomic mass is 32.2. The number of aromatic carboxylic acids is 1. The van der Waals surface area contributed by atoms with Crippen LogP contribution in [-0.2, 0) is 20.2 Å². The van der Waals surface area contributed by atoms with Crippen LogP contribution in [0.1, 0.15) is 41.7 Å². The molecule has 1 aromatic rings. The van der Waals surface area contributed by atoms with Gasteiger partial charge < -0.3 is 10.2 Å². The van der Waals surface area contributed by atoms with E-state index in [1.807, 2.05) is 0 Å². The number of carbonyl (C=O) groups is 2. The smallest absolute Gasteiger partial charge is 0.345 e. The van der Waals surface area contributed by atoms with Gasteiger partial charge >= 0.3 is 11.9 Å². The number of carboxylic acids is 2. The molecule has 1 aromatic heterocycles. The molecule has 2 heterocycles. The van der Waals surface area contributed by atoms with Gasteiger partial charge in [-0.25, -0.2) is 13.2 Å². The molecular weight excluding hydrogens is 330 g/mol. The predicted molar refractivity (Wildman–Crippen MR) is 79.9 cm³/mol. The fraction of sp³-hybridized carbons (Fsp3) is 0.538. The molecule has 0 saturated carbocycles. The van der Waals surface area contributed by atoms with Gasteiger partial charge in [0.2, 0.25) is 10.0 Å². The summed E-state index contributed by atoms with van der Waals surface area (Å²) < 4.78 is 26.3. The van der Waals surface area contributed by atoms with Crippen LogP contribution in [0.3, 0.4) is 0 Å². The minimum Gasteiger partial charge on any atom is -0.480 e. The largest absolute Gasteiger partial charge is 0.480 e. The van der Waals surface area contributed by atoms with Crippen molar-refractivity contribution in [2.45, 2.75) is 43.5 Å². The van der Waals surface area contributed by atoms with Gasteiger partial charge in [0.15, 0.2) is 0 Å². The number of sulfonamides is 1. The van der Waals surface area contributed by atoms with Crippen molar-refractivity contribution in [3.63, 3.8) is 0 Å². The van der Waals surface area contributed by atoms with Crippen molar-refractivity contribution in [3.8, 4) is 0 Å². The van der Waals surface area contributed by atoms with E-state index in [1.54, 1.807) is 20.8 Å². The van der Waals surface area contributed by atoms with E-state index in [1.165, 1.54) is 0 Å². The molecule has 2 rings (SSSR count). The number of nitrogens with zero attached hydrogens (tertiary/aromatic N) is 1. The monoisotopic (exact) mass is 347 g/mol. The van der Waals surface area contributed by atoms with E-state index in [-0.39, 0.29) is 22.7 Å². The molecule has 22 heavy (non-hydrogen) atoms. The molecular formula is C13H17NO6S2. The summed E-state index contributed by atoms with van der Waals surface area (Å²) in [6, 6.07) is 0.0474. The van der Waals surface area contributed by atoms with E-state index in [0.717, 1.165) is 21.7 Å². The lowest BCUT2D eigenvalue weighted by Crippen LogP contribution is -2.55. The summed E-state index contributed by atoms with van der Waals surface area (Å²) in [6.07, 6.45) is 0.259. The number of thiophene rings is 1. The number of hydrogen-bond acceptors (Lipinski definition) is 5. The van der Waals surface area contributed by atoms with Crippen LogP contribution in [-0.4, -0.2) is 47.5 Å². The maximum atomic E-state index is 12.7. The molecule has 0 radical (unpaired) electrons. The highest BCUT2D eigenvalue weighted by molar-refractivity contribution is 7.89. The van der Waals surface area contributed by atoms with Crippen molar-refractivity contribution in [3.05, 3.63) is 15.8 Å². The first-order valence-corrected chi connectivity index (χ1v) is 8.84. The number of aliphatic carboxylic acids is 1. The third kappa shape index (κ3) is 2.75. The van der Waals surface area contributed by atoms with Crippen LogP contribution in [0.4, 0.5) is 0 Å². The molecule has 7 nitrogen and oxygen atoms in total. The second-order valence-electron chi connectivity index (χ2n) is 6.12. The third-order valence-electron chi connectivity index (χ3n) is 3.43. The fourth-order valence-corrected chi connectivity index (χ4v) is 5.62. The van der Waals surface area contributed by atoms with E-state index in [4.69, 9.17) is 10.2 Å². The zero-order chi connectivity index (χ0) is 16.9. The molecule has 1 unspecified atom stereocenters. The normalized spacial score (nSPS) is 19.7. The summed E-state index contributed by atoms with van der Waals surface area (Å²) in [5.74, 6) is -2.39. The quantitative estimate of drug-likeness (QED) is 0.855. The molecule has 0 bridgehead atoms. The fourth-order valence-electron chi connectivity index (χ4n) is 2.22. The second kappa shape index (κ2) is 5.32. The van der Waals surface area contributed by atoms with E-state index < -0.39 is 33.4 Å². The summed E-state index contributed by atoms with van der Waals surface area (Å²) in [4.78, 5) is 22.5. The van der Waals surface area contributed by atoms with Gasteiger partial charge in [-0.05, 0) is 17.9 Å². The standard InChI is InChI=1S/C13H17NO6S2/c1-13(2,3)10-9(6-8(21-10)12(17)18)22(19,20)14-5-4-7(14)11(15)16/h6-7H,4-5H2,1-3H3,(H,15,16)(H,17,18). The van der Waals surface area contributed by atoms with Gasteiger partial charge in [0.05, 0.1) is 4.90 Å². The van der Waals surface area contributed by atoms with Crippen molar-refractivity contribution < 1.29 is 28.2 Å². The Morgan fingerprint density at radius 3 is 2.27 bits per heavy atom. The Hall–Kier alpha value is -1.45. The second-order valence-corrected chi connectivity index (χ2v) is 9.03. The predicted octanol–water partition coefficient (Wildman–Crippen LogP) is 1.59. The van der Waals surface area contributed by atoms with Crippen LogP contribution in [0.15, 0.2) is 11.0 Å². The van der Waals surface area contributed by atoms with Crippen LogP contribution < -0.4 is 0 Å². The molecule has 1 atom stereocenters. The molecule has 1 fully saturated rings. The van der Waals surface area contributed by atoms with Crippen LogP contribution in [0.5, 0.6) is 0 Å². The molecule has 0 spiro atoms. The number of hydrogen-bond donors (Lipinski definition) is 2. The Morgan fingerprint density at radius 2 is 1.91 bits per heavy atom. The molecule has 1 aliphatic rings. The zero-order valence-electron chi connectivity index (χ0n) is 12.4. The third-order valence-corrected chi connectivity index (χ3v) is 7.04. The van der Waals surface area contributed by atoms with Crippen molar-refractivity contribution in [1.29, 1.82) is 0 Å². The summed E-state index contributed by atoms with van der Waals surface area (Å²) >= 11 is 0.910. The Morgan fingerprint density at radius 1 is 1.32 bits per heavy atom. The zero-order valence-corrected chi connectivity index (χ0v) is 14.0. The van der Waals surface area contributed by atoms with Crippen LogP contribution >= 0.6 is 11.3 Å². The number of rotatable bonds is 4.